The van der Waals surface area contributed by atoms with E-state index in [1.165, 1.54) is 0 Å². The highest BCUT2D eigenvalue weighted by Gasteiger charge is 2.14. The Kier molecular flexibility index (Phi) is 4.65. The zero-order valence-corrected chi connectivity index (χ0v) is 14.9. The number of rotatable bonds is 5. The zero-order chi connectivity index (χ0) is 17.9. The lowest BCUT2D eigenvalue weighted by molar-refractivity contribution is 0.270. The van der Waals surface area contributed by atoms with Crippen molar-refractivity contribution in [1.82, 2.24) is 10.1 Å². The minimum Gasteiger partial charge on any atom is -0.484 e. The molecular formula is C19H12Cl2N2O3. The molecule has 0 spiro atoms. The average molecular weight is 387 g/mol. The van der Waals surface area contributed by atoms with Gasteiger partial charge in [0.1, 0.15) is 18.1 Å². The van der Waals surface area contributed by atoms with Gasteiger partial charge < -0.3 is 13.7 Å². The molecule has 0 aliphatic rings. The summed E-state index contributed by atoms with van der Waals surface area (Å²) in [5.41, 5.74) is 0.870. The summed E-state index contributed by atoms with van der Waals surface area (Å²) in [5, 5.41) is 4.97. The fourth-order valence-electron chi connectivity index (χ4n) is 2.34. The number of ether oxygens (including phenoxy) is 1. The molecule has 0 unspecified atom stereocenters. The first-order chi connectivity index (χ1) is 12.7. The lowest BCUT2D eigenvalue weighted by Crippen LogP contribution is -1.94. The van der Waals surface area contributed by atoms with Gasteiger partial charge in [0.25, 0.3) is 5.89 Å². The predicted molar refractivity (Wildman–Crippen MR) is 98.2 cm³/mol. The Morgan fingerprint density at radius 3 is 2.62 bits per heavy atom. The molecule has 2 aromatic carbocycles. The van der Waals surface area contributed by atoms with Gasteiger partial charge in [0.05, 0.1) is 5.02 Å². The Balaban J connectivity index is 1.47. The number of benzene rings is 2. The van der Waals surface area contributed by atoms with Crippen LogP contribution in [0.3, 0.4) is 0 Å². The largest absolute Gasteiger partial charge is 0.484 e. The van der Waals surface area contributed by atoms with Crippen LogP contribution >= 0.6 is 23.2 Å². The van der Waals surface area contributed by atoms with Gasteiger partial charge in [-0.05, 0) is 30.3 Å². The molecular weight excluding hydrogens is 375 g/mol. The van der Waals surface area contributed by atoms with Crippen molar-refractivity contribution < 1.29 is 13.7 Å². The number of furan rings is 1. The number of aromatic nitrogens is 2. The highest BCUT2D eigenvalue weighted by Crippen LogP contribution is 2.29. The molecule has 26 heavy (non-hydrogen) atoms. The molecule has 5 nitrogen and oxygen atoms in total. The summed E-state index contributed by atoms with van der Waals surface area (Å²) in [4.78, 5) is 4.36. The van der Waals surface area contributed by atoms with Crippen LogP contribution in [0.2, 0.25) is 10.0 Å². The summed E-state index contributed by atoms with van der Waals surface area (Å²) in [6.45, 7) is 0.209. The molecule has 0 saturated carbocycles. The van der Waals surface area contributed by atoms with Gasteiger partial charge in [0.2, 0.25) is 5.82 Å². The molecule has 7 heteroatoms. The molecule has 4 aromatic rings. The molecule has 2 heterocycles. The van der Waals surface area contributed by atoms with Gasteiger partial charge in [0.15, 0.2) is 5.76 Å². The Morgan fingerprint density at radius 2 is 1.81 bits per heavy atom. The zero-order valence-electron chi connectivity index (χ0n) is 13.4. The van der Waals surface area contributed by atoms with E-state index in [0.29, 0.717) is 39.0 Å². The average Bonchev–Trinajstić information content (AvgIpc) is 3.31. The topological polar surface area (TPSA) is 61.3 Å². The van der Waals surface area contributed by atoms with Crippen molar-refractivity contribution in [3.63, 3.8) is 0 Å². The molecule has 0 bridgehead atoms. The molecule has 2 aromatic heterocycles. The normalized spacial score (nSPS) is 10.8. The first-order valence-corrected chi connectivity index (χ1v) is 8.51. The second kappa shape index (κ2) is 7.23. The Bertz CT molecular complexity index is 1030. The van der Waals surface area contributed by atoms with Crippen molar-refractivity contribution in [3.05, 3.63) is 76.5 Å². The standard InChI is InChI=1S/C19H12Cl2N2O3/c20-13-6-8-16(15(21)10-13)24-11-14-7-9-17(25-14)19-22-18(23-26-19)12-4-2-1-3-5-12/h1-10H,11H2. The van der Waals surface area contributed by atoms with E-state index < -0.39 is 0 Å². The molecule has 0 amide bonds. The Morgan fingerprint density at radius 1 is 0.962 bits per heavy atom. The van der Waals surface area contributed by atoms with Gasteiger partial charge in [0, 0.05) is 10.6 Å². The van der Waals surface area contributed by atoms with E-state index in [1.54, 1.807) is 30.3 Å². The maximum atomic E-state index is 6.08. The van der Waals surface area contributed by atoms with E-state index in [9.17, 15) is 0 Å². The van der Waals surface area contributed by atoms with Gasteiger partial charge in [-0.2, -0.15) is 4.98 Å². The fraction of sp³-hybridized carbons (Fsp3) is 0.0526. The number of hydrogen-bond donors (Lipinski definition) is 0. The van der Waals surface area contributed by atoms with Crippen molar-refractivity contribution in [2.45, 2.75) is 6.61 Å². The van der Waals surface area contributed by atoms with E-state index in [4.69, 9.17) is 36.9 Å². The van der Waals surface area contributed by atoms with E-state index in [1.807, 2.05) is 30.3 Å². The molecule has 0 fully saturated rings. The Hall–Kier alpha value is -2.76. The summed E-state index contributed by atoms with van der Waals surface area (Å²) in [5.74, 6) is 2.41. The van der Waals surface area contributed by atoms with E-state index >= 15 is 0 Å². The third-order valence-corrected chi connectivity index (χ3v) is 4.12. The summed E-state index contributed by atoms with van der Waals surface area (Å²) < 4.78 is 16.6. The minimum atomic E-state index is 0.209. The summed E-state index contributed by atoms with van der Waals surface area (Å²) in [6.07, 6.45) is 0. The summed E-state index contributed by atoms with van der Waals surface area (Å²) >= 11 is 12.0. The van der Waals surface area contributed by atoms with Crippen LogP contribution < -0.4 is 4.74 Å². The van der Waals surface area contributed by atoms with Crippen molar-refractivity contribution in [1.29, 1.82) is 0 Å². The van der Waals surface area contributed by atoms with Crippen LogP contribution in [0, 0.1) is 0 Å². The lowest BCUT2D eigenvalue weighted by Gasteiger charge is -2.06. The molecule has 130 valence electrons. The first kappa shape index (κ1) is 16.7. The maximum Gasteiger partial charge on any atom is 0.293 e. The van der Waals surface area contributed by atoms with Crippen molar-refractivity contribution in [2.24, 2.45) is 0 Å². The number of nitrogens with zero attached hydrogens (tertiary/aromatic N) is 2. The number of halogens is 2. The lowest BCUT2D eigenvalue weighted by atomic mass is 10.2. The predicted octanol–water partition coefficient (Wildman–Crippen LogP) is 5.88. The van der Waals surface area contributed by atoms with Crippen LogP contribution in [0.4, 0.5) is 0 Å². The highest BCUT2D eigenvalue weighted by atomic mass is 35.5. The minimum absolute atomic E-state index is 0.209. The van der Waals surface area contributed by atoms with Crippen LogP contribution in [0.5, 0.6) is 5.75 Å². The first-order valence-electron chi connectivity index (χ1n) is 7.75. The third kappa shape index (κ3) is 3.59. The highest BCUT2D eigenvalue weighted by molar-refractivity contribution is 6.35. The van der Waals surface area contributed by atoms with Gasteiger partial charge >= 0.3 is 0 Å². The van der Waals surface area contributed by atoms with Gasteiger partial charge in [-0.1, -0.05) is 58.7 Å². The van der Waals surface area contributed by atoms with Crippen LogP contribution in [-0.2, 0) is 6.61 Å². The monoisotopic (exact) mass is 386 g/mol. The molecule has 0 saturated heterocycles. The third-order valence-electron chi connectivity index (χ3n) is 3.59. The van der Waals surface area contributed by atoms with E-state index in [2.05, 4.69) is 10.1 Å². The molecule has 0 atom stereocenters. The second-order valence-corrected chi connectivity index (χ2v) is 6.26. The van der Waals surface area contributed by atoms with Crippen LogP contribution in [-0.4, -0.2) is 10.1 Å². The van der Waals surface area contributed by atoms with Gasteiger partial charge in [-0.15, -0.1) is 0 Å². The molecule has 0 radical (unpaired) electrons. The fourth-order valence-corrected chi connectivity index (χ4v) is 2.80. The van der Waals surface area contributed by atoms with E-state index in [0.717, 1.165) is 5.56 Å². The second-order valence-electron chi connectivity index (χ2n) is 5.42. The SMILES string of the molecule is Clc1ccc(OCc2ccc(-c3nc(-c4ccccc4)no3)o2)c(Cl)c1. The van der Waals surface area contributed by atoms with Crippen LogP contribution in [0.1, 0.15) is 5.76 Å². The quantitative estimate of drug-likeness (QED) is 0.428. The molecule has 0 N–H and O–H groups in total. The molecule has 0 aliphatic heterocycles. The maximum absolute atomic E-state index is 6.08. The smallest absolute Gasteiger partial charge is 0.293 e. The van der Waals surface area contributed by atoms with Crippen molar-refractivity contribution in [3.8, 4) is 28.8 Å². The van der Waals surface area contributed by atoms with Crippen molar-refractivity contribution in [2.75, 3.05) is 0 Å². The van der Waals surface area contributed by atoms with Gasteiger partial charge in [-0.3, -0.25) is 0 Å². The summed E-state index contributed by atoms with van der Waals surface area (Å²) in [7, 11) is 0. The van der Waals surface area contributed by atoms with Crippen LogP contribution in [0.15, 0.2) is 69.6 Å². The number of hydrogen-bond acceptors (Lipinski definition) is 5. The van der Waals surface area contributed by atoms with Crippen molar-refractivity contribution >= 4 is 23.2 Å². The van der Waals surface area contributed by atoms with Crippen LogP contribution in [0.25, 0.3) is 23.0 Å². The molecule has 0 aliphatic carbocycles. The van der Waals surface area contributed by atoms with E-state index in [-0.39, 0.29) is 6.61 Å². The summed E-state index contributed by atoms with van der Waals surface area (Å²) in [6, 6.07) is 18.1. The molecule has 4 rings (SSSR count). The Labute approximate surface area is 159 Å². The van der Waals surface area contributed by atoms with Gasteiger partial charge in [-0.25, -0.2) is 0 Å².